The van der Waals surface area contributed by atoms with Crippen LogP contribution < -0.4 is 59.7 Å². The number of carbonyl (C=O) groups excluding carboxylic acids is 9. The second-order valence-electron chi connectivity index (χ2n) is 23.1. The number of hydrogen-bond acceptors (Lipinski definition) is 17. The molecule has 0 spiro atoms. The predicted octanol–water partition coefficient (Wildman–Crippen LogP) is -2.56. The molecular weight excluding hydrogens is 1220 g/mol. The molecule has 0 bridgehead atoms. The molecule has 5 aromatic rings. The maximum Gasteiger partial charge on any atom is 0.322 e. The van der Waals surface area contributed by atoms with E-state index in [0.29, 0.717) is 39.7 Å². The van der Waals surface area contributed by atoms with E-state index in [-0.39, 0.29) is 94.3 Å². The van der Waals surface area contributed by atoms with Crippen LogP contribution in [0.3, 0.4) is 0 Å². The van der Waals surface area contributed by atoms with E-state index >= 15 is 0 Å². The molecule has 2 aromatic heterocycles. The van der Waals surface area contributed by atoms with Crippen molar-refractivity contribution in [2.45, 2.75) is 139 Å². The first-order chi connectivity index (χ1) is 44.8. The molecule has 32 heteroatoms. The van der Waals surface area contributed by atoms with Gasteiger partial charge in [-0.1, -0.05) is 56.3 Å². The first-order valence-corrected chi connectivity index (χ1v) is 30.4. The van der Waals surface area contributed by atoms with Crippen molar-refractivity contribution in [3.8, 4) is 11.5 Å². The Kier molecular flexibility index (Phi) is 27.2. The number of guanidine groups is 1. The molecule has 32 nitrogen and oxygen atoms in total. The summed E-state index contributed by atoms with van der Waals surface area (Å²) in [6, 6.07) is 4.99. The lowest BCUT2D eigenvalue weighted by Crippen LogP contribution is -2.61. The topological polar surface area (TPSA) is 523 Å². The number of carboxylic acids is 2. The molecule has 0 aliphatic carbocycles. The molecular formula is C62H82N16O16. The summed E-state index contributed by atoms with van der Waals surface area (Å²) in [7, 11) is 0. The molecule has 9 amide bonds. The van der Waals surface area contributed by atoms with Gasteiger partial charge in [0.2, 0.25) is 53.2 Å². The number of nitrogens with one attached hydrogen (secondary N) is 10. The number of benzene rings is 3. The van der Waals surface area contributed by atoms with E-state index in [9.17, 15) is 78.3 Å². The van der Waals surface area contributed by atoms with Gasteiger partial charge in [0, 0.05) is 74.2 Å². The number of phenolic OH excluding ortho intramolecular Hbond substituents is 2. The molecule has 6 rings (SSSR count). The molecule has 9 atom stereocenters. The zero-order valence-corrected chi connectivity index (χ0v) is 51.8. The van der Waals surface area contributed by atoms with Crippen LogP contribution in [0, 0.1) is 5.92 Å². The van der Waals surface area contributed by atoms with Crippen LogP contribution in [0.15, 0.2) is 96.5 Å². The van der Waals surface area contributed by atoms with Gasteiger partial charge in [0.1, 0.15) is 66.4 Å². The van der Waals surface area contributed by atoms with Crippen LogP contribution in [-0.4, -0.2) is 197 Å². The lowest BCUT2D eigenvalue weighted by molar-refractivity contribution is -0.143. The molecule has 94 heavy (non-hydrogen) atoms. The average molecular weight is 1310 g/mol. The van der Waals surface area contributed by atoms with E-state index in [1.165, 1.54) is 66.0 Å². The molecule has 0 radical (unpaired) electrons. The Morgan fingerprint density at radius 3 is 1.70 bits per heavy atom. The van der Waals surface area contributed by atoms with Crippen molar-refractivity contribution in [3.05, 3.63) is 114 Å². The summed E-state index contributed by atoms with van der Waals surface area (Å²) in [6.07, 6.45) is 3.19. The first-order valence-electron chi connectivity index (χ1n) is 30.4. The molecule has 1 aliphatic rings. The maximum absolute atomic E-state index is 14.9. The highest BCUT2D eigenvalue weighted by Crippen LogP contribution is 2.23. The number of aromatic amines is 2. The Labute approximate surface area is 539 Å². The fraction of sp³-hybridized carbons (Fsp3) is 0.435. The highest BCUT2D eigenvalue weighted by atomic mass is 16.4. The number of nitrogens with zero attached hydrogens (tertiary/aromatic N) is 3. The number of amides is 9. The fourth-order valence-corrected chi connectivity index (χ4v) is 10.5. The third-order valence-corrected chi connectivity index (χ3v) is 15.3. The van der Waals surface area contributed by atoms with Gasteiger partial charge in [-0.2, -0.15) is 0 Å². The highest BCUT2D eigenvalue weighted by molar-refractivity contribution is 5.99. The van der Waals surface area contributed by atoms with Gasteiger partial charge in [-0.3, -0.25) is 57.7 Å². The Hall–Kier alpha value is -10.6. The number of likely N-dealkylation sites (tertiary alicyclic amines) is 1. The number of aliphatic hydroxyl groups excluding tert-OH is 1. The second-order valence-corrected chi connectivity index (χ2v) is 23.1. The zero-order chi connectivity index (χ0) is 68.6. The van der Waals surface area contributed by atoms with Gasteiger partial charge in [0.15, 0.2) is 5.96 Å². The number of aromatic hydroxyl groups is 2. The number of carbonyl (C=O) groups is 11. The minimum atomic E-state index is -1.85. The van der Waals surface area contributed by atoms with Crippen LogP contribution in [0.4, 0.5) is 0 Å². The standard InChI is InChI=1S/C62H82N16O16/c1-33(2)23-44(54(87)71-43(9-5-21-67-62(64)65)61(94)78-22-6-10-50(78)60(93)69-30-52(84)85)73-55(88)45(24-34-11-15-38(80)16-12-34)74-56(89)46(25-35-13-17-39(81)18-14-35)75-59(92)49(31-79)77-57(90)47(26-36-28-68-42-8-4-3-7-40(36)42)76-58(91)48(27-37-29-66-32-70-37)72-53(86)41(63)19-20-51(82)83/h3-4,7-8,11-18,28-29,32-33,41,43-50,68,79-81H,5-6,9-10,19-27,30-31,63H2,1-2H3,(H,66,70)(H,69,93)(H,71,87)(H,72,86)(H,73,88)(H,74,89)(H,75,92)(H,76,91)(H,77,90)(H,82,83)(H,84,85)(H4,64,65,67)/t41-,43-,44-,45-,46-,47-,48-,49-,50-/m0/s1. The lowest BCUT2D eigenvalue weighted by Gasteiger charge is -2.30. The number of nitrogens with two attached hydrogens (primary N) is 3. The smallest absolute Gasteiger partial charge is 0.322 e. The van der Waals surface area contributed by atoms with Crippen molar-refractivity contribution in [2.24, 2.45) is 28.1 Å². The minimum Gasteiger partial charge on any atom is -0.508 e. The third-order valence-electron chi connectivity index (χ3n) is 15.3. The van der Waals surface area contributed by atoms with Crippen LogP contribution in [0.2, 0.25) is 0 Å². The summed E-state index contributed by atoms with van der Waals surface area (Å²) in [5.41, 5.74) is 19.4. The minimum absolute atomic E-state index is 0.0242. The summed E-state index contributed by atoms with van der Waals surface area (Å²) >= 11 is 0. The number of aliphatic carboxylic acids is 2. The Morgan fingerprint density at radius 1 is 0.638 bits per heavy atom. The third kappa shape index (κ3) is 22.3. The number of imidazole rings is 1. The summed E-state index contributed by atoms with van der Waals surface area (Å²) in [6.45, 7) is 1.88. The van der Waals surface area contributed by atoms with Crippen LogP contribution in [0.5, 0.6) is 11.5 Å². The number of aliphatic imine (C=N–C) groups is 1. The summed E-state index contributed by atoms with van der Waals surface area (Å²) in [5, 5.41) is 70.8. The number of para-hydroxylation sites is 1. The molecule has 506 valence electrons. The number of aromatic nitrogens is 3. The van der Waals surface area contributed by atoms with Gasteiger partial charge in [-0.15, -0.1) is 0 Å². The number of H-pyrrole nitrogens is 2. The van der Waals surface area contributed by atoms with Crippen molar-refractivity contribution in [2.75, 3.05) is 26.2 Å². The predicted molar refractivity (Wildman–Crippen MR) is 338 cm³/mol. The van der Waals surface area contributed by atoms with Gasteiger partial charge in [0.05, 0.1) is 19.0 Å². The van der Waals surface area contributed by atoms with E-state index < -0.39 is 139 Å². The molecule has 3 aromatic carbocycles. The molecule has 0 saturated carbocycles. The molecule has 0 unspecified atom stereocenters. The molecule has 1 aliphatic heterocycles. The van der Waals surface area contributed by atoms with Crippen molar-refractivity contribution >= 4 is 82.0 Å². The number of aliphatic hydroxyl groups is 1. The summed E-state index contributed by atoms with van der Waals surface area (Å²) < 4.78 is 0. The van der Waals surface area contributed by atoms with E-state index in [0.717, 1.165) is 0 Å². The van der Waals surface area contributed by atoms with Gasteiger partial charge < -0.3 is 100 Å². The van der Waals surface area contributed by atoms with Gasteiger partial charge in [0.25, 0.3) is 0 Å². The normalized spacial score (nSPS) is 15.3. The van der Waals surface area contributed by atoms with E-state index in [4.69, 9.17) is 17.2 Å². The van der Waals surface area contributed by atoms with Crippen LogP contribution in [0.25, 0.3) is 10.9 Å². The quantitative estimate of drug-likeness (QED) is 0.0111. The van der Waals surface area contributed by atoms with E-state index in [1.54, 1.807) is 44.3 Å². The van der Waals surface area contributed by atoms with Crippen LogP contribution in [0.1, 0.15) is 81.2 Å². The molecule has 21 N–H and O–H groups in total. The number of hydrogen-bond donors (Lipinski definition) is 18. The van der Waals surface area contributed by atoms with Crippen LogP contribution in [-0.2, 0) is 78.4 Å². The lowest BCUT2D eigenvalue weighted by atomic mass is 9.99. The molecule has 1 fully saturated rings. The van der Waals surface area contributed by atoms with Gasteiger partial charge >= 0.3 is 11.9 Å². The van der Waals surface area contributed by atoms with Crippen molar-refractivity contribution in [1.29, 1.82) is 0 Å². The Morgan fingerprint density at radius 2 is 1.16 bits per heavy atom. The highest BCUT2D eigenvalue weighted by Gasteiger charge is 2.40. The molecule has 1 saturated heterocycles. The Bertz CT molecular complexity index is 3470. The number of fused-ring (bicyclic) bond motifs is 1. The monoisotopic (exact) mass is 1310 g/mol. The largest absolute Gasteiger partial charge is 0.508 e. The number of carboxylic acid groups (broad SMARTS) is 2. The van der Waals surface area contributed by atoms with Crippen molar-refractivity contribution < 1.29 is 78.3 Å². The molecule has 3 heterocycles. The van der Waals surface area contributed by atoms with E-state index in [2.05, 4.69) is 62.5 Å². The number of rotatable bonds is 36. The second kappa shape index (κ2) is 35.3. The summed E-state index contributed by atoms with van der Waals surface area (Å²) in [4.78, 5) is 166. The zero-order valence-electron chi connectivity index (χ0n) is 51.8. The maximum atomic E-state index is 14.9. The SMILES string of the molecule is CC(C)C[C@H](NC(=O)[C@H](Cc1ccc(O)cc1)NC(=O)[C@H](Cc1ccc(O)cc1)NC(=O)[C@H](CO)NC(=O)[C@H](Cc1c[nH]c2ccccc12)NC(=O)[C@H](Cc1cnc[nH]1)NC(=O)[C@@H](N)CCC(=O)O)C(=O)N[C@@H](CCCN=C(N)N)C(=O)N1CCC[C@H]1C(=O)NCC(=O)O. The van der Waals surface area contributed by atoms with E-state index in [1.807, 2.05) is 0 Å². The van der Waals surface area contributed by atoms with Gasteiger partial charge in [-0.25, -0.2) is 4.98 Å². The van der Waals surface area contributed by atoms with Crippen molar-refractivity contribution in [1.82, 2.24) is 62.4 Å². The number of phenols is 2. The average Bonchev–Trinajstić information content (AvgIpc) is 1.63. The van der Waals surface area contributed by atoms with Crippen molar-refractivity contribution in [3.63, 3.8) is 0 Å². The van der Waals surface area contributed by atoms with Crippen LogP contribution >= 0.6 is 0 Å². The summed E-state index contributed by atoms with van der Waals surface area (Å²) in [5.74, 6) is -11.4. The first kappa shape index (κ1) is 72.4. The van der Waals surface area contributed by atoms with Gasteiger partial charge in [-0.05, 0) is 91.5 Å². The fourth-order valence-electron chi connectivity index (χ4n) is 10.5. The Balaban J connectivity index is 1.27.